The summed E-state index contributed by atoms with van der Waals surface area (Å²) in [5.41, 5.74) is 0.236. The summed E-state index contributed by atoms with van der Waals surface area (Å²) in [7, 11) is 0. The van der Waals surface area contributed by atoms with Crippen LogP contribution in [0.15, 0.2) is 12.2 Å². The minimum absolute atomic E-state index is 0.0564. The van der Waals surface area contributed by atoms with E-state index in [9.17, 15) is 9.59 Å². The topological polar surface area (TPSA) is 34.1 Å². The molecule has 0 radical (unpaired) electrons. The van der Waals surface area contributed by atoms with Crippen LogP contribution in [0.4, 0.5) is 0 Å². The molecule has 0 N–H and O–H groups in total. The third-order valence-corrected chi connectivity index (χ3v) is 7.69. The Morgan fingerprint density at radius 1 is 1.00 bits per heavy atom. The molecule has 0 aromatic carbocycles. The first-order valence-electron chi connectivity index (χ1n) is 8.68. The molecule has 114 valence electrons. The monoisotopic (exact) mass is 286 g/mol. The number of fused-ring (bicyclic) bond motifs is 5. The number of carbonyl (C=O) groups is 2. The van der Waals surface area contributed by atoms with E-state index in [2.05, 4.69) is 26.0 Å². The zero-order valence-corrected chi connectivity index (χ0v) is 13.2. The molecule has 0 spiro atoms. The van der Waals surface area contributed by atoms with E-state index in [1.165, 1.54) is 6.42 Å². The van der Waals surface area contributed by atoms with E-state index in [-0.39, 0.29) is 5.41 Å². The van der Waals surface area contributed by atoms with Gasteiger partial charge in [-0.25, -0.2) is 0 Å². The van der Waals surface area contributed by atoms with E-state index in [1.807, 2.05) is 0 Å². The zero-order chi connectivity index (χ0) is 14.8. The molecule has 2 heteroatoms. The molecule has 4 aliphatic carbocycles. The van der Waals surface area contributed by atoms with Crippen molar-refractivity contribution in [3.63, 3.8) is 0 Å². The first-order valence-corrected chi connectivity index (χ1v) is 8.68. The van der Waals surface area contributed by atoms with Crippen LogP contribution in [0.5, 0.6) is 0 Å². The molecule has 0 saturated heterocycles. The van der Waals surface area contributed by atoms with Gasteiger partial charge in [-0.3, -0.25) is 9.59 Å². The van der Waals surface area contributed by atoms with E-state index in [0.29, 0.717) is 40.7 Å². The van der Waals surface area contributed by atoms with Gasteiger partial charge in [-0.1, -0.05) is 26.0 Å². The van der Waals surface area contributed by atoms with Crippen molar-refractivity contribution in [3.8, 4) is 0 Å². The Labute approximate surface area is 127 Å². The molecule has 0 aliphatic heterocycles. The molecular weight excluding hydrogens is 260 g/mol. The zero-order valence-electron chi connectivity index (χ0n) is 13.2. The van der Waals surface area contributed by atoms with Crippen molar-refractivity contribution in [2.75, 3.05) is 0 Å². The highest BCUT2D eigenvalue weighted by Gasteiger charge is 2.58. The fraction of sp³-hybridized carbons (Fsp3) is 0.789. The predicted molar refractivity (Wildman–Crippen MR) is 81.6 cm³/mol. The van der Waals surface area contributed by atoms with Gasteiger partial charge in [0, 0.05) is 24.7 Å². The number of hydrogen-bond donors (Lipinski definition) is 0. The van der Waals surface area contributed by atoms with E-state index in [0.717, 1.165) is 38.5 Å². The second-order valence-corrected chi connectivity index (χ2v) is 8.45. The van der Waals surface area contributed by atoms with Crippen LogP contribution >= 0.6 is 0 Å². The first-order chi connectivity index (χ1) is 9.95. The third-order valence-electron chi connectivity index (χ3n) is 7.69. The Kier molecular flexibility index (Phi) is 2.81. The number of ketones is 2. The van der Waals surface area contributed by atoms with Crippen LogP contribution in [-0.2, 0) is 9.59 Å². The summed E-state index contributed by atoms with van der Waals surface area (Å²) >= 11 is 0. The lowest BCUT2D eigenvalue weighted by Crippen LogP contribution is -2.51. The lowest BCUT2D eigenvalue weighted by Gasteiger charge is -2.56. The average Bonchev–Trinajstić information content (AvgIpc) is 2.76. The smallest absolute Gasteiger partial charge is 0.139 e. The lowest BCUT2D eigenvalue weighted by atomic mass is 9.47. The summed E-state index contributed by atoms with van der Waals surface area (Å²) in [5.74, 6) is 3.20. The fourth-order valence-electron chi connectivity index (χ4n) is 6.19. The Morgan fingerprint density at radius 2 is 1.81 bits per heavy atom. The first kappa shape index (κ1) is 13.7. The molecule has 0 amide bonds. The summed E-state index contributed by atoms with van der Waals surface area (Å²) in [6.07, 6.45) is 11.4. The van der Waals surface area contributed by atoms with Gasteiger partial charge in [0.1, 0.15) is 11.6 Å². The molecule has 0 aromatic rings. The van der Waals surface area contributed by atoms with Crippen LogP contribution in [0, 0.1) is 34.5 Å². The maximum atomic E-state index is 12.3. The quantitative estimate of drug-likeness (QED) is 0.632. The molecule has 3 fully saturated rings. The summed E-state index contributed by atoms with van der Waals surface area (Å²) in [6, 6.07) is 0. The summed E-state index contributed by atoms with van der Waals surface area (Å²) in [4.78, 5) is 24.2. The number of carbonyl (C=O) groups excluding carboxylic acids is 2. The predicted octanol–water partition coefficient (Wildman–Crippen LogP) is 3.94. The van der Waals surface area contributed by atoms with Crippen LogP contribution in [0.2, 0.25) is 0 Å². The van der Waals surface area contributed by atoms with Gasteiger partial charge in [0.15, 0.2) is 0 Å². The standard InChI is InChI=1S/C19H26O2/c1-18-9-7-13(20)11-12(18)3-4-14-15-5-6-17(21)19(15,2)10-8-16(14)18/h3-4,12,14-16H,5-11H2,1-2H3/t12-,14-,15-,16-,18-,19-/m0/s1. The minimum atomic E-state index is -0.0564. The van der Waals surface area contributed by atoms with Gasteiger partial charge in [0.05, 0.1) is 0 Å². The Balaban J connectivity index is 1.71. The normalized spacial score (nSPS) is 52.3. The van der Waals surface area contributed by atoms with Crippen LogP contribution in [-0.4, -0.2) is 11.6 Å². The molecule has 0 bridgehead atoms. The van der Waals surface area contributed by atoms with Gasteiger partial charge in [0.2, 0.25) is 0 Å². The Morgan fingerprint density at radius 3 is 2.62 bits per heavy atom. The summed E-state index contributed by atoms with van der Waals surface area (Å²) in [6.45, 7) is 4.64. The molecule has 3 saturated carbocycles. The van der Waals surface area contributed by atoms with Crippen molar-refractivity contribution in [1.82, 2.24) is 0 Å². The number of allylic oxidation sites excluding steroid dienone is 2. The third kappa shape index (κ3) is 1.71. The minimum Gasteiger partial charge on any atom is -0.300 e. The van der Waals surface area contributed by atoms with E-state index >= 15 is 0 Å². The highest BCUT2D eigenvalue weighted by Crippen LogP contribution is 2.63. The van der Waals surface area contributed by atoms with Crippen LogP contribution in [0.25, 0.3) is 0 Å². The molecular formula is C19H26O2. The fourth-order valence-corrected chi connectivity index (χ4v) is 6.19. The van der Waals surface area contributed by atoms with Gasteiger partial charge in [-0.15, -0.1) is 0 Å². The highest BCUT2D eigenvalue weighted by molar-refractivity contribution is 5.87. The van der Waals surface area contributed by atoms with Crippen molar-refractivity contribution in [2.24, 2.45) is 34.5 Å². The lowest BCUT2D eigenvalue weighted by molar-refractivity contribution is -0.134. The number of rotatable bonds is 0. The second-order valence-electron chi connectivity index (χ2n) is 8.45. The van der Waals surface area contributed by atoms with E-state index in [4.69, 9.17) is 0 Å². The molecule has 6 atom stereocenters. The van der Waals surface area contributed by atoms with Crippen LogP contribution in [0.1, 0.15) is 58.8 Å². The van der Waals surface area contributed by atoms with Crippen LogP contribution < -0.4 is 0 Å². The molecule has 2 nitrogen and oxygen atoms in total. The highest BCUT2D eigenvalue weighted by atomic mass is 16.1. The molecule has 21 heavy (non-hydrogen) atoms. The number of Topliss-reactive ketones (excluding diaryl/α,β-unsaturated/α-hetero) is 2. The van der Waals surface area contributed by atoms with E-state index in [1.54, 1.807) is 0 Å². The molecule has 4 aliphatic rings. The van der Waals surface area contributed by atoms with Crippen LogP contribution in [0.3, 0.4) is 0 Å². The van der Waals surface area contributed by atoms with E-state index < -0.39 is 0 Å². The molecule has 0 aromatic heterocycles. The molecule has 4 rings (SSSR count). The maximum absolute atomic E-state index is 12.3. The van der Waals surface area contributed by atoms with Gasteiger partial charge in [-0.05, 0) is 54.8 Å². The van der Waals surface area contributed by atoms with Gasteiger partial charge >= 0.3 is 0 Å². The van der Waals surface area contributed by atoms with Gasteiger partial charge in [0.25, 0.3) is 0 Å². The van der Waals surface area contributed by atoms with Crippen molar-refractivity contribution in [3.05, 3.63) is 12.2 Å². The SMILES string of the molecule is C[C@]12CCC(=O)C[C@@H]1C=C[C@@H]1[C@@H]2CC[C@]2(C)C(=O)CC[C@@H]12. The maximum Gasteiger partial charge on any atom is 0.139 e. The summed E-state index contributed by atoms with van der Waals surface area (Å²) < 4.78 is 0. The largest absolute Gasteiger partial charge is 0.300 e. The summed E-state index contributed by atoms with van der Waals surface area (Å²) in [5, 5.41) is 0. The number of hydrogen-bond acceptors (Lipinski definition) is 2. The van der Waals surface area contributed by atoms with Crippen molar-refractivity contribution >= 4 is 11.6 Å². The second kappa shape index (κ2) is 4.30. The van der Waals surface area contributed by atoms with Gasteiger partial charge in [-0.2, -0.15) is 0 Å². The molecule has 0 unspecified atom stereocenters. The Hall–Kier alpha value is -0.920. The van der Waals surface area contributed by atoms with Crippen molar-refractivity contribution < 1.29 is 9.59 Å². The molecule has 0 heterocycles. The van der Waals surface area contributed by atoms with Gasteiger partial charge < -0.3 is 0 Å². The van der Waals surface area contributed by atoms with Crippen molar-refractivity contribution in [1.29, 1.82) is 0 Å². The van der Waals surface area contributed by atoms with Crippen molar-refractivity contribution in [2.45, 2.75) is 58.8 Å². The Bertz CT molecular complexity index is 534. The average molecular weight is 286 g/mol.